The number of carbonyl (C=O) groups excluding carboxylic acids is 2. The van der Waals surface area contributed by atoms with Crippen molar-refractivity contribution in [1.82, 2.24) is 10.2 Å². The molecule has 0 saturated heterocycles. The minimum Gasteiger partial charge on any atom is -0.481 e. The lowest BCUT2D eigenvalue weighted by atomic mass is 10.0. The van der Waals surface area contributed by atoms with E-state index in [1.165, 1.54) is 4.90 Å². The van der Waals surface area contributed by atoms with E-state index in [0.29, 0.717) is 29.0 Å². The molecule has 0 aromatic heterocycles. The standard InChI is InChI=1S/C22H18N2O4/c25-16(26)12-7-13-24-20(15-10-5-2-6-11-15)18-17(22(24)28)19(23-21(18)27)14-8-3-1-4-9-14/h1-6,8-11H,7,12-13H2,(H,23,27)(H,25,26). The average molecular weight is 374 g/mol. The number of fused-ring (bicyclic) bond motifs is 1. The Morgan fingerprint density at radius 3 is 2.11 bits per heavy atom. The average Bonchev–Trinajstić information content (AvgIpc) is 3.19. The summed E-state index contributed by atoms with van der Waals surface area (Å²) in [5.41, 5.74) is 3.25. The van der Waals surface area contributed by atoms with E-state index in [-0.39, 0.29) is 24.8 Å². The first kappa shape index (κ1) is 17.7. The molecule has 6 nitrogen and oxygen atoms in total. The predicted octanol–water partition coefficient (Wildman–Crippen LogP) is 2.65. The van der Waals surface area contributed by atoms with E-state index >= 15 is 0 Å². The van der Waals surface area contributed by atoms with Gasteiger partial charge in [-0.3, -0.25) is 14.4 Å². The van der Waals surface area contributed by atoms with E-state index in [4.69, 9.17) is 5.11 Å². The first-order valence-corrected chi connectivity index (χ1v) is 9.02. The second-order valence-corrected chi connectivity index (χ2v) is 6.61. The molecule has 0 bridgehead atoms. The van der Waals surface area contributed by atoms with Gasteiger partial charge < -0.3 is 15.3 Å². The Bertz CT molecular complexity index is 1020. The fourth-order valence-electron chi connectivity index (χ4n) is 3.61. The number of hydrogen-bond acceptors (Lipinski definition) is 3. The third kappa shape index (κ3) is 2.99. The molecule has 0 saturated carbocycles. The number of nitrogens with one attached hydrogen (secondary N) is 1. The number of carboxylic acids is 1. The molecule has 6 heteroatoms. The van der Waals surface area contributed by atoms with Gasteiger partial charge in [0.2, 0.25) is 0 Å². The second-order valence-electron chi connectivity index (χ2n) is 6.61. The zero-order valence-electron chi connectivity index (χ0n) is 15.0. The summed E-state index contributed by atoms with van der Waals surface area (Å²) >= 11 is 0. The van der Waals surface area contributed by atoms with Gasteiger partial charge in [-0.15, -0.1) is 0 Å². The smallest absolute Gasteiger partial charge is 0.303 e. The van der Waals surface area contributed by atoms with Gasteiger partial charge in [0.05, 0.1) is 22.5 Å². The van der Waals surface area contributed by atoms with Crippen molar-refractivity contribution >= 4 is 29.2 Å². The highest BCUT2D eigenvalue weighted by Gasteiger charge is 2.45. The molecular formula is C22H18N2O4. The van der Waals surface area contributed by atoms with Gasteiger partial charge in [0.15, 0.2) is 0 Å². The van der Waals surface area contributed by atoms with Gasteiger partial charge >= 0.3 is 5.97 Å². The van der Waals surface area contributed by atoms with Crippen LogP contribution in [0.15, 0.2) is 71.8 Å². The third-order valence-corrected chi connectivity index (χ3v) is 4.81. The first-order chi connectivity index (χ1) is 13.6. The van der Waals surface area contributed by atoms with Crippen LogP contribution in [0.5, 0.6) is 0 Å². The molecule has 2 amide bonds. The van der Waals surface area contributed by atoms with Gasteiger partial charge in [-0.05, 0) is 17.5 Å². The van der Waals surface area contributed by atoms with Crippen LogP contribution in [-0.2, 0) is 14.4 Å². The Labute approximate surface area is 161 Å². The fourth-order valence-corrected chi connectivity index (χ4v) is 3.61. The molecule has 2 aliphatic heterocycles. The van der Waals surface area contributed by atoms with Crippen molar-refractivity contribution < 1.29 is 19.5 Å². The van der Waals surface area contributed by atoms with Crippen LogP contribution in [0.25, 0.3) is 11.4 Å². The molecule has 2 aromatic carbocycles. The highest BCUT2D eigenvalue weighted by atomic mass is 16.4. The van der Waals surface area contributed by atoms with E-state index in [1.807, 2.05) is 60.7 Å². The monoisotopic (exact) mass is 374 g/mol. The van der Waals surface area contributed by atoms with Crippen molar-refractivity contribution in [2.24, 2.45) is 0 Å². The van der Waals surface area contributed by atoms with Crippen LogP contribution in [0.3, 0.4) is 0 Å². The molecule has 0 atom stereocenters. The molecular weight excluding hydrogens is 356 g/mol. The van der Waals surface area contributed by atoms with Crippen LogP contribution >= 0.6 is 0 Å². The molecule has 0 aliphatic carbocycles. The second kappa shape index (κ2) is 7.15. The summed E-state index contributed by atoms with van der Waals surface area (Å²) in [6.45, 7) is 0.234. The molecule has 2 aromatic rings. The van der Waals surface area contributed by atoms with Crippen LogP contribution in [0, 0.1) is 0 Å². The van der Waals surface area contributed by atoms with E-state index in [1.54, 1.807) is 0 Å². The quantitative estimate of drug-likeness (QED) is 0.814. The Morgan fingerprint density at radius 2 is 1.50 bits per heavy atom. The normalized spacial score (nSPS) is 15.9. The van der Waals surface area contributed by atoms with Gasteiger partial charge in [-0.1, -0.05) is 60.7 Å². The number of carboxylic acid groups (broad SMARTS) is 1. The van der Waals surface area contributed by atoms with Crippen LogP contribution < -0.4 is 5.32 Å². The molecule has 140 valence electrons. The number of amides is 2. The molecule has 2 heterocycles. The van der Waals surface area contributed by atoms with Crippen molar-refractivity contribution in [2.75, 3.05) is 6.54 Å². The molecule has 0 unspecified atom stereocenters. The van der Waals surface area contributed by atoms with Gasteiger partial charge in [-0.2, -0.15) is 0 Å². The van der Waals surface area contributed by atoms with Crippen molar-refractivity contribution in [2.45, 2.75) is 12.8 Å². The molecule has 4 rings (SSSR count). The molecule has 2 N–H and O–H groups in total. The molecule has 2 aliphatic rings. The molecule has 0 fully saturated rings. The Kier molecular flexibility index (Phi) is 4.53. The number of nitrogens with zero attached hydrogens (tertiary/aromatic N) is 1. The summed E-state index contributed by atoms with van der Waals surface area (Å²) in [6.07, 6.45) is 0.262. The number of benzene rings is 2. The largest absolute Gasteiger partial charge is 0.481 e. The lowest BCUT2D eigenvalue weighted by Crippen LogP contribution is -2.28. The predicted molar refractivity (Wildman–Crippen MR) is 103 cm³/mol. The summed E-state index contributed by atoms with van der Waals surface area (Å²) in [5, 5.41) is 11.8. The zero-order valence-corrected chi connectivity index (χ0v) is 15.0. The van der Waals surface area contributed by atoms with Crippen molar-refractivity contribution in [1.29, 1.82) is 0 Å². The molecule has 0 radical (unpaired) electrons. The number of carbonyl (C=O) groups is 3. The minimum absolute atomic E-state index is 0.0437. The van der Waals surface area contributed by atoms with Crippen LogP contribution in [0.4, 0.5) is 0 Å². The van der Waals surface area contributed by atoms with Gasteiger partial charge in [0.25, 0.3) is 11.8 Å². The maximum atomic E-state index is 13.3. The van der Waals surface area contributed by atoms with E-state index in [2.05, 4.69) is 5.32 Å². The molecule has 0 spiro atoms. The van der Waals surface area contributed by atoms with Crippen LogP contribution in [-0.4, -0.2) is 34.3 Å². The van der Waals surface area contributed by atoms with E-state index in [0.717, 1.165) is 11.1 Å². The lowest BCUT2D eigenvalue weighted by molar-refractivity contribution is -0.137. The number of hydrogen-bond donors (Lipinski definition) is 2. The highest BCUT2D eigenvalue weighted by molar-refractivity contribution is 6.30. The van der Waals surface area contributed by atoms with Crippen LogP contribution in [0.2, 0.25) is 0 Å². The Morgan fingerprint density at radius 1 is 0.893 bits per heavy atom. The van der Waals surface area contributed by atoms with Crippen molar-refractivity contribution in [3.63, 3.8) is 0 Å². The van der Waals surface area contributed by atoms with E-state index in [9.17, 15) is 14.4 Å². The Hall–Kier alpha value is -3.67. The van der Waals surface area contributed by atoms with Gasteiger partial charge in [-0.25, -0.2) is 0 Å². The molecule has 28 heavy (non-hydrogen) atoms. The maximum absolute atomic E-state index is 13.3. The summed E-state index contributed by atoms with van der Waals surface area (Å²) in [4.78, 5) is 38.5. The summed E-state index contributed by atoms with van der Waals surface area (Å²) < 4.78 is 0. The van der Waals surface area contributed by atoms with Crippen molar-refractivity contribution in [3.8, 4) is 0 Å². The minimum atomic E-state index is -0.914. The number of aliphatic carboxylic acids is 1. The third-order valence-electron chi connectivity index (χ3n) is 4.81. The topological polar surface area (TPSA) is 86.7 Å². The summed E-state index contributed by atoms with van der Waals surface area (Å²) in [5.74, 6) is -1.51. The van der Waals surface area contributed by atoms with Crippen molar-refractivity contribution in [3.05, 3.63) is 82.9 Å². The van der Waals surface area contributed by atoms with Gasteiger partial charge in [0.1, 0.15) is 0 Å². The lowest BCUT2D eigenvalue weighted by Gasteiger charge is -2.21. The highest BCUT2D eigenvalue weighted by Crippen LogP contribution is 2.42. The zero-order chi connectivity index (χ0) is 19.7. The summed E-state index contributed by atoms with van der Waals surface area (Å²) in [7, 11) is 0. The SMILES string of the molecule is O=C(O)CCCN1C(=O)C2=C(c3ccccc3)NC(=O)C2=C1c1ccccc1. The van der Waals surface area contributed by atoms with Gasteiger partial charge in [0, 0.05) is 13.0 Å². The number of rotatable bonds is 6. The maximum Gasteiger partial charge on any atom is 0.303 e. The Balaban J connectivity index is 1.84. The first-order valence-electron chi connectivity index (χ1n) is 9.02. The van der Waals surface area contributed by atoms with Crippen LogP contribution in [0.1, 0.15) is 24.0 Å². The fraction of sp³-hybridized carbons (Fsp3) is 0.136. The van der Waals surface area contributed by atoms with E-state index < -0.39 is 5.97 Å². The summed E-state index contributed by atoms with van der Waals surface area (Å²) in [6, 6.07) is 18.5.